The van der Waals surface area contributed by atoms with Crippen LogP contribution in [-0.2, 0) is 27.8 Å². The summed E-state index contributed by atoms with van der Waals surface area (Å²) in [5, 5.41) is 0. The van der Waals surface area contributed by atoms with Gasteiger partial charge in [0.15, 0.2) is 0 Å². The van der Waals surface area contributed by atoms with Gasteiger partial charge < -0.3 is 9.47 Å². The highest BCUT2D eigenvalue weighted by Crippen LogP contribution is 2.28. The molecule has 0 radical (unpaired) electrons. The first kappa shape index (κ1) is 18.4. The van der Waals surface area contributed by atoms with Gasteiger partial charge in [-0.15, -0.1) is 0 Å². The molecule has 1 atom stereocenters. The van der Waals surface area contributed by atoms with Crippen molar-refractivity contribution in [3.05, 3.63) is 17.7 Å². The molecule has 1 fully saturated rings. The number of fused-ring (bicyclic) bond motifs is 1. The molecule has 0 bridgehead atoms. The smallest absolute Gasteiger partial charge is 0.228 e. The SMILES string of the molecule is CCCS(=O)(=O)N1CCn2cc(CC(=O)N3CCCCC3)nc2C1C. The summed E-state index contributed by atoms with van der Waals surface area (Å²) in [4.78, 5) is 19.0. The number of amides is 1. The summed E-state index contributed by atoms with van der Waals surface area (Å²) in [6.45, 7) is 6.48. The summed E-state index contributed by atoms with van der Waals surface area (Å²) in [5.41, 5.74) is 0.743. The predicted molar refractivity (Wildman–Crippen MR) is 95.6 cm³/mol. The number of imidazole rings is 1. The summed E-state index contributed by atoms with van der Waals surface area (Å²) < 4.78 is 28.4. The summed E-state index contributed by atoms with van der Waals surface area (Å²) in [6.07, 6.45) is 6.17. The zero-order valence-electron chi connectivity index (χ0n) is 15.1. The molecule has 2 aliphatic heterocycles. The van der Waals surface area contributed by atoms with E-state index in [1.54, 1.807) is 4.31 Å². The Morgan fingerprint density at radius 1 is 1.20 bits per heavy atom. The second-order valence-electron chi connectivity index (χ2n) is 7.00. The molecule has 3 rings (SSSR count). The minimum Gasteiger partial charge on any atom is -0.342 e. The lowest BCUT2D eigenvalue weighted by atomic mass is 10.1. The first-order valence-electron chi connectivity index (χ1n) is 9.25. The van der Waals surface area contributed by atoms with Gasteiger partial charge in [0.1, 0.15) is 5.82 Å². The molecule has 8 heteroatoms. The molecule has 7 nitrogen and oxygen atoms in total. The molecule has 0 aliphatic carbocycles. The molecule has 1 amide bonds. The van der Waals surface area contributed by atoms with E-state index in [9.17, 15) is 13.2 Å². The number of piperidine rings is 1. The van der Waals surface area contributed by atoms with Gasteiger partial charge in [-0.25, -0.2) is 13.4 Å². The first-order chi connectivity index (χ1) is 11.9. The lowest BCUT2D eigenvalue weighted by molar-refractivity contribution is -0.131. The molecule has 0 spiro atoms. The van der Waals surface area contributed by atoms with Crippen LogP contribution in [0.1, 0.15) is 57.1 Å². The molecule has 0 N–H and O–H groups in total. The van der Waals surface area contributed by atoms with E-state index in [4.69, 9.17) is 0 Å². The maximum Gasteiger partial charge on any atom is 0.228 e. The van der Waals surface area contributed by atoms with E-state index in [0.717, 1.165) is 37.4 Å². The number of sulfonamides is 1. The van der Waals surface area contributed by atoms with Crippen LogP contribution in [0.5, 0.6) is 0 Å². The molecule has 2 aliphatic rings. The Morgan fingerprint density at radius 3 is 2.60 bits per heavy atom. The Morgan fingerprint density at radius 2 is 1.92 bits per heavy atom. The molecule has 0 saturated carbocycles. The predicted octanol–water partition coefficient (Wildman–Crippen LogP) is 1.55. The molecular weight excluding hydrogens is 340 g/mol. The van der Waals surface area contributed by atoms with Crippen LogP contribution in [0.2, 0.25) is 0 Å². The maximum atomic E-state index is 12.4. The number of rotatable bonds is 5. The molecule has 1 aromatic heterocycles. The normalized spacial score (nSPS) is 22.0. The van der Waals surface area contributed by atoms with Crippen molar-refractivity contribution in [2.75, 3.05) is 25.4 Å². The average Bonchev–Trinajstić information content (AvgIpc) is 2.99. The number of carbonyl (C=O) groups excluding carboxylic acids is 1. The third-order valence-electron chi connectivity index (χ3n) is 5.08. The second kappa shape index (κ2) is 7.45. The number of hydrogen-bond acceptors (Lipinski definition) is 4. The minimum atomic E-state index is -3.25. The van der Waals surface area contributed by atoms with E-state index < -0.39 is 10.0 Å². The number of aromatic nitrogens is 2. The highest BCUT2D eigenvalue weighted by Gasteiger charge is 2.34. The van der Waals surface area contributed by atoms with Crippen LogP contribution >= 0.6 is 0 Å². The van der Waals surface area contributed by atoms with Crippen LogP contribution in [0.3, 0.4) is 0 Å². The van der Waals surface area contributed by atoms with E-state index in [2.05, 4.69) is 4.98 Å². The van der Waals surface area contributed by atoms with Crippen molar-refractivity contribution < 1.29 is 13.2 Å². The van der Waals surface area contributed by atoms with Crippen LogP contribution in [0, 0.1) is 0 Å². The fourth-order valence-corrected chi connectivity index (χ4v) is 5.46. The second-order valence-corrected chi connectivity index (χ2v) is 9.05. The van der Waals surface area contributed by atoms with Gasteiger partial charge in [-0.2, -0.15) is 4.31 Å². The maximum absolute atomic E-state index is 12.4. The van der Waals surface area contributed by atoms with Crippen molar-refractivity contribution >= 4 is 15.9 Å². The van der Waals surface area contributed by atoms with Crippen molar-refractivity contribution in [1.29, 1.82) is 0 Å². The summed E-state index contributed by atoms with van der Waals surface area (Å²) >= 11 is 0. The van der Waals surface area contributed by atoms with E-state index in [1.807, 2.05) is 29.5 Å². The minimum absolute atomic E-state index is 0.123. The van der Waals surface area contributed by atoms with E-state index >= 15 is 0 Å². The average molecular weight is 369 g/mol. The van der Waals surface area contributed by atoms with Gasteiger partial charge in [0.2, 0.25) is 15.9 Å². The van der Waals surface area contributed by atoms with Crippen molar-refractivity contribution in [3.63, 3.8) is 0 Å². The topological polar surface area (TPSA) is 75.5 Å². The molecule has 1 unspecified atom stereocenters. The molecule has 140 valence electrons. The van der Waals surface area contributed by atoms with Crippen molar-refractivity contribution in [2.24, 2.45) is 0 Å². The van der Waals surface area contributed by atoms with Crippen LogP contribution in [0.4, 0.5) is 0 Å². The number of likely N-dealkylation sites (tertiary alicyclic amines) is 1. The van der Waals surface area contributed by atoms with Crippen molar-refractivity contribution in [1.82, 2.24) is 18.8 Å². The Kier molecular flexibility index (Phi) is 5.48. The largest absolute Gasteiger partial charge is 0.342 e. The van der Waals surface area contributed by atoms with Gasteiger partial charge >= 0.3 is 0 Å². The highest BCUT2D eigenvalue weighted by atomic mass is 32.2. The van der Waals surface area contributed by atoms with Gasteiger partial charge in [-0.3, -0.25) is 4.79 Å². The first-order valence-corrected chi connectivity index (χ1v) is 10.9. The van der Waals surface area contributed by atoms with Crippen molar-refractivity contribution in [2.45, 2.75) is 58.5 Å². The standard InChI is InChI=1S/C17H28N4O3S/c1-3-11-25(23,24)21-10-9-20-13-15(18-17(20)14(21)2)12-16(22)19-7-5-4-6-8-19/h13-14H,3-12H2,1-2H3. The van der Waals surface area contributed by atoms with Gasteiger partial charge in [0, 0.05) is 32.4 Å². The lowest BCUT2D eigenvalue weighted by Crippen LogP contribution is -2.42. The van der Waals surface area contributed by atoms with E-state index in [-0.39, 0.29) is 17.7 Å². The number of hydrogen-bond donors (Lipinski definition) is 0. The fourth-order valence-electron chi connectivity index (χ4n) is 3.78. The molecule has 25 heavy (non-hydrogen) atoms. The lowest BCUT2D eigenvalue weighted by Gasteiger charge is -2.32. The van der Waals surface area contributed by atoms with Gasteiger partial charge in [-0.05, 0) is 32.6 Å². The third-order valence-corrected chi connectivity index (χ3v) is 7.22. The summed E-state index contributed by atoms with van der Waals surface area (Å²) in [7, 11) is -3.25. The zero-order valence-corrected chi connectivity index (χ0v) is 16.0. The Bertz CT molecular complexity index is 722. The Balaban J connectivity index is 1.72. The van der Waals surface area contributed by atoms with Crippen LogP contribution in [-0.4, -0.2) is 58.5 Å². The van der Waals surface area contributed by atoms with Gasteiger partial charge in [-0.1, -0.05) is 6.92 Å². The van der Waals surface area contributed by atoms with E-state index in [0.29, 0.717) is 25.9 Å². The monoisotopic (exact) mass is 368 g/mol. The molecule has 1 aromatic rings. The molecule has 1 saturated heterocycles. The summed E-state index contributed by atoms with van der Waals surface area (Å²) in [6, 6.07) is -0.288. The van der Waals surface area contributed by atoms with Crippen LogP contribution < -0.4 is 0 Å². The molecular formula is C17H28N4O3S. The molecule has 3 heterocycles. The van der Waals surface area contributed by atoms with Crippen LogP contribution in [0.25, 0.3) is 0 Å². The van der Waals surface area contributed by atoms with Crippen LogP contribution in [0.15, 0.2) is 6.20 Å². The quantitative estimate of drug-likeness (QED) is 0.790. The van der Waals surface area contributed by atoms with Gasteiger partial charge in [0.05, 0.1) is 23.9 Å². The Labute approximate surface area is 150 Å². The molecule has 0 aromatic carbocycles. The fraction of sp³-hybridized carbons (Fsp3) is 0.765. The van der Waals surface area contributed by atoms with Crippen molar-refractivity contribution in [3.8, 4) is 0 Å². The number of carbonyl (C=O) groups is 1. The zero-order chi connectivity index (χ0) is 18.0. The third kappa shape index (κ3) is 3.89. The van der Waals surface area contributed by atoms with E-state index in [1.165, 1.54) is 6.42 Å². The Hall–Kier alpha value is -1.41. The summed E-state index contributed by atoms with van der Waals surface area (Å²) in [5.74, 6) is 1.03. The number of nitrogens with zero attached hydrogens (tertiary/aromatic N) is 4. The highest BCUT2D eigenvalue weighted by molar-refractivity contribution is 7.89. The van der Waals surface area contributed by atoms with Gasteiger partial charge in [0.25, 0.3) is 0 Å².